The molecule has 1 amide bonds. The van der Waals surface area contributed by atoms with E-state index < -0.39 is 78.8 Å². The lowest BCUT2D eigenvalue weighted by Crippen LogP contribution is -2.59. The second-order valence-corrected chi connectivity index (χ2v) is 8.67. The molecule has 3 fully saturated rings. The van der Waals surface area contributed by atoms with Crippen LogP contribution in [0.2, 0.25) is 0 Å². The van der Waals surface area contributed by atoms with E-state index in [1.54, 1.807) is 0 Å². The normalized spacial score (nSPS) is 45.7. The number of hydrogen-bond donors (Lipinski definition) is 6. The first-order chi connectivity index (χ1) is 15.1. The first-order valence-electron chi connectivity index (χ1n) is 10.7. The Balaban J connectivity index is 1.76. The van der Waals surface area contributed by atoms with Gasteiger partial charge in [0.2, 0.25) is 5.91 Å². The van der Waals surface area contributed by atoms with Crippen LogP contribution in [0.25, 0.3) is 0 Å². The molecular formula is C20H33NO11. The quantitative estimate of drug-likeness (QED) is 0.208. The second kappa shape index (κ2) is 9.85. The second-order valence-electron chi connectivity index (χ2n) is 8.67. The van der Waals surface area contributed by atoms with E-state index in [0.29, 0.717) is 6.42 Å². The van der Waals surface area contributed by atoms with E-state index in [-0.39, 0.29) is 19.1 Å². The van der Waals surface area contributed by atoms with Crippen LogP contribution in [0.1, 0.15) is 20.3 Å². The Morgan fingerprint density at radius 2 is 1.75 bits per heavy atom. The van der Waals surface area contributed by atoms with Crippen molar-refractivity contribution < 1.29 is 54.1 Å². The zero-order valence-corrected chi connectivity index (χ0v) is 18.3. The van der Waals surface area contributed by atoms with Crippen molar-refractivity contribution >= 4 is 11.9 Å². The van der Waals surface area contributed by atoms with Gasteiger partial charge in [-0.1, -0.05) is 6.92 Å². The van der Waals surface area contributed by atoms with Gasteiger partial charge in [-0.05, 0) is 6.42 Å². The van der Waals surface area contributed by atoms with Gasteiger partial charge < -0.3 is 49.8 Å². The number of hydrogen-bond acceptors (Lipinski definition) is 10. The van der Waals surface area contributed by atoms with E-state index in [1.165, 1.54) is 14.0 Å². The number of carboxylic acid groups (broad SMARTS) is 1. The molecule has 12 nitrogen and oxygen atoms in total. The van der Waals surface area contributed by atoms with Crippen molar-refractivity contribution in [1.82, 2.24) is 5.32 Å². The number of ether oxygens (including phenoxy) is 4. The third-order valence-corrected chi connectivity index (χ3v) is 6.73. The molecule has 12 heteroatoms. The highest BCUT2D eigenvalue weighted by Crippen LogP contribution is 2.56. The van der Waals surface area contributed by atoms with Gasteiger partial charge in [-0.3, -0.25) is 4.79 Å². The summed E-state index contributed by atoms with van der Waals surface area (Å²) in [6.07, 6.45) is -8.17. The lowest BCUT2D eigenvalue weighted by atomic mass is 9.87. The highest BCUT2D eigenvalue weighted by Gasteiger charge is 2.76. The predicted octanol–water partition coefficient (Wildman–Crippen LogP) is -2.76. The minimum atomic E-state index is -1.43. The number of aliphatic carboxylic acids is 1. The maximum Gasteiger partial charge on any atom is 0.333 e. The minimum Gasteiger partial charge on any atom is -0.479 e. The van der Waals surface area contributed by atoms with Crippen molar-refractivity contribution in [2.45, 2.75) is 74.6 Å². The molecule has 11 atom stereocenters. The molecule has 0 spiro atoms. The number of carboxylic acids is 1. The van der Waals surface area contributed by atoms with Crippen molar-refractivity contribution in [3.63, 3.8) is 0 Å². The molecule has 184 valence electrons. The lowest BCUT2D eigenvalue weighted by molar-refractivity contribution is -0.227. The maximum absolute atomic E-state index is 11.9. The largest absolute Gasteiger partial charge is 0.479 e. The predicted molar refractivity (Wildman–Crippen MR) is 105 cm³/mol. The van der Waals surface area contributed by atoms with Gasteiger partial charge in [0.05, 0.1) is 44.2 Å². The first kappa shape index (κ1) is 25.2. The molecule has 11 unspecified atom stereocenters. The fraction of sp³-hybridized carbons (Fsp3) is 0.900. The van der Waals surface area contributed by atoms with Crippen molar-refractivity contribution in [3.05, 3.63) is 0 Å². The number of methoxy groups -OCH3 is 1. The Hall–Kier alpha value is -1.38. The van der Waals surface area contributed by atoms with Crippen LogP contribution in [0.5, 0.6) is 0 Å². The summed E-state index contributed by atoms with van der Waals surface area (Å²) < 4.78 is 22.2. The standard InChI is InChI=1S/C20H33NO11/c1-4-12-20(21-8(2)23)13(15(25)10(5-22)31-12)18(20)30-7-11-16(26)14(24)9(6-29-3)17(32-11)19(27)28/h9-18,22,24-26H,4-7H2,1-3H3,(H,21,23)(H,27,28). The molecule has 32 heavy (non-hydrogen) atoms. The average Bonchev–Trinajstić information content (AvgIpc) is 3.38. The molecule has 2 saturated heterocycles. The molecule has 0 aromatic carbocycles. The summed E-state index contributed by atoms with van der Waals surface area (Å²) in [7, 11) is 1.35. The Labute approximate surface area is 185 Å². The summed E-state index contributed by atoms with van der Waals surface area (Å²) in [6.45, 7) is 2.34. The maximum atomic E-state index is 11.9. The van der Waals surface area contributed by atoms with Crippen molar-refractivity contribution in [2.75, 3.05) is 26.9 Å². The molecule has 1 saturated carbocycles. The first-order valence-corrected chi connectivity index (χ1v) is 10.7. The SMILES string of the molecule is CCC1OC(CO)C(O)C2C(OCC3OC(C(=O)O)C(COC)C(O)C3O)C12NC(C)=O. The molecule has 3 aliphatic rings. The average molecular weight is 463 g/mol. The topological polar surface area (TPSA) is 184 Å². The van der Waals surface area contributed by atoms with Gasteiger partial charge in [-0.25, -0.2) is 4.79 Å². The Morgan fingerprint density at radius 3 is 2.28 bits per heavy atom. The van der Waals surface area contributed by atoms with Crippen molar-refractivity contribution in [1.29, 1.82) is 0 Å². The number of amides is 1. The van der Waals surface area contributed by atoms with Gasteiger partial charge in [0, 0.05) is 25.9 Å². The molecule has 0 aromatic heterocycles. The number of aliphatic hydroxyl groups excluding tert-OH is 4. The zero-order chi connectivity index (χ0) is 23.8. The smallest absolute Gasteiger partial charge is 0.333 e. The Bertz CT molecular complexity index is 692. The van der Waals surface area contributed by atoms with Gasteiger partial charge in [0.25, 0.3) is 0 Å². The number of aliphatic hydroxyl groups is 4. The zero-order valence-electron chi connectivity index (χ0n) is 18.3. The molecule has 2 aliphatic heterocycles. The monoisotopic (exact) mass is 463 g/mol. The van der Waals surface area contributed by atoms with E-state index in [4.69, 9.17) is 18.9 Å². The number of fused-ring (bicyclic) bond motifs is 1. The highest BCUT2D eigenvalue weighted by molar-refractivity contribution is 5.75. The summed E-state index contributed by atoms with van der Waals surface area (Å²) in [4.78, 5) is 23.5. The highest BCUT2D eigenvalue weighted by atomic mass is 16.6. The molecule has 0 radical (unpaired) electrons. The summed E-state index contributed by atoms with van der Waals surface area (Å²) in [5.74, 6) is -3.21. The van der Waals surface area contributed by atoms with E-state index >= 15 is 0 Å². The van der Waals surface area contributed by atoms with Gasteiger partial charge in [0.1, 0.15) is 23.9 Å². The third kappa shape index (κ3) is 4.26. The summed E-state index contributed by atoms with van der Waals surface area (Å²) in [5.41, 5.74) is -1.03. The molecule has 3 rings (SSSR count). The number of carbonyl (C=O) groups excluding carboxylic acids is 1. The van der Waals surface area contributed by atoms with E-state index in [2.05, 4.69) is 5.32 Å². The van der Waals surface area contributed by atoms with Crippen LogP contribution in [0.3, 0.4) is 0 Å². The van der Waals surface area contributed by atoms with Crippen LogP contribution in [0.4, 0.5) is 0 Å². The van der Waals surface area contributed by atoms with Crippen LogP contribution >= 0.6 is 0 Å². The van der Waals surface area contributed by atoms with E-state index in [9.17, 15) is 35.1 Å². The van der Waals surface area contributed by atoms with Gasteiger partial charge >= 0.3 is 5.97 Å². The molecule has 0 bridgehead atoms. The molecule has 1 aliphatic carbocycles. The fourth-order valence-electron chi connectivity index (χ4n) is 5.24. The molecular weight excluding hydrogens is 430 g/mol. The summed E-state index contributed by atoms with van der Waals surface area (Å²) >= 11 is 0. The van der Waals surface area contributed by atoms with Crippen LogP contribution in [0, 0.1) is 11.8 Å². The Morgan fingerprint density at radius 1 is 1.06 bits per heavy atom. The number of carbonyl (C=O) groups is 2. The molecule has 6 N–H and O–H groups in total. The fourth-order valence-corrected chi connectivity index (χ4v) is 5.24. The summed E-state index contributed by atoms with van der Waals surface area (Å²) in [5, 5.41) is 53.4. The number of nitrogens with one attached hydrogen (secondary N) is 1. The number of rotatable bonds is 9. The van der Waals surface area contributed by atoms with Crippen LogP contribution in [-0.2, 0) is 28.5 Å². The van der Waals surface area contributed by atoms with Gasteiger partial charge in [-0.15, -0.1) is 0 Å². The van der Waals surface area contributed by atoms with E-state index in [0.717, 1.165) is 0 Å². The van der Waals surface area contributed by atoms with Crippen LogP contribution < -0.4 is 5.32 Å². The molecule has 0 aromatic rings. The van der Waals surface area contributed by atoms with Crippen LogP contribution in [0.15, 0.2) is 0 Å². The Kier molecular flexibility index (Phi) is 7.77. The third-order valence-electron chi connectivity index (χ3n) is 6.73. The van der Waals surface area contributed by atoms with E-state index in [1.807, 2.05) is 6.92 Å². The van der Waals surface area contributed by atoms with Gasteiger partial charge in [-0.2, -0.15) is 0 Å². The van der Waals surface area contributed by atoms with Crippen molar-refractivity contribution in [3.8, 4) is 0 Å². The summed E-state index contributed by atoms with van der Waals surface area (Å²) in [6, 6.07) is 0. The minimum absolute atomic E-state index is 0.122. The van der Waals surface area contributed by atoms with Crippen LogP contribution in [-0.4, -0.2) is 119 Å². The lowest BCUT2D eigenvalue weighted by Gasteiger charge is -2.41. The van der Waals surface area contributed by atoms with Gasteiger partial charge in [0.15, 0.2) is 6.10 Å². The van der Waals surface area contributed by atoms with Crippen molar-refractivity contribution in [2.24, 2.45) is 11.8 Å². The molecule has 2 heterocycles.